The van der Waals surface area contributed by atoms with E-state index in [9.17, 15) is 4.79 Å². The lowest BCUT2D eigenvalue weighted by Gasteiger charge is -2.06. The highest BCUT2D eigenvalue weighted by Gasteiger charge is 2.08. The van der Waals surface area contributed by atoms with Gasteiger partial charge in [-0.1, -0.05) is 0 Å². The predicted octanol–water partition coefficient (Wildman–Crippen LogP) is 1.07. The fourth-order valence-electron chi connectivity index (χ4n) is 1.75. The standard InChI is InChI=1S/C13H17N5O/c14-12-11(4-3-6-16-12)13(19)17-5-1-2-8-18-9-7-15-10-18/h3-4,6-7,9-10H,1-2,5,8H2,(H2,14,16)(H,17,19). The van der Waals surface area contributed by atoms with E-state index < -0.39 is 0 Å². The third kappa shape index (κ3) is 3.80. The molecule has 1 amide bonds. The van der Waals surface area contributed by atoms with Gasteiger partial charge in [-0.05, 0) is 25.0 Å². The third-order valence-electron chi connectivity index (χ3n) is 2.77. The maximum Gasteiger partial charge on any atom is 0.255 e. The first kappa shape index (κ1) is 13.1. The van der Waals surface area contributed by atoms with E-state index in [0.29, 0.717) is 12.1 Å². The number of nitrogens with two attached hydrogens (primary N) is 1. The van der Waals surface area contributed by atoms with E-state index >= 15 is 0 Å². The summed E-state index contributed by atoms with van der Waals surface area (Å²) in [5.41, 5.74) is 6.06. The first-order valence-corrected chi connectivity index (χ1v) is 6.22. The monoisotopic (exact) mass is 259 g/mol. The summed E-state index contributed by atoms with van der Waals surface area (Å²) in [6.45, 7) is 1.53. The topological polar surface area (TPSA) is 85.8 Å². The van der Waals surface area contributed by atoms with Crippen LogP contribution < -0.4 is 11.1 Å². The second-order valence-electron chi connectivity index (χ2n) is 4.20. The minimum Gasteiger partial charge on any atom is -0.383 e. The zero-order chi connectivity index (χ0) is 13.5. The van der Waals surface area contributed by atoms with Crippen LogP contribution in [-0.2, 0) is 6.54 Å². The molecule has 0 spiro atoms. The molecule has 0 aliphatic heterocycles. The number of imidazole rings is 1. The predicted molar refractivity (Wildman–Crippen MR) is 72.4 cm³/mol. The molecule has 0 unspecified atom stereocenters. The number of carbonyl (C=O) groups is 1. The van der Waals surface area contributed by atoms with Crippen LogP contribution in [-0.4, -0.2) is 27.0 Å². The van der Waals surface area contributed by atoms with Crippen LogP contribution in [0.1, 0.15) is 23.2 Å². The molecular weight excluding hydrogens is 242 g/mol. The van der Waals surface area contributed by atoms with Crippen molar-refractivity contribution in [2.75, 3.05) is 12.3 Å². The molecule has 2 heterocycles. The molecule has 6 heteroatoms. The van der Waals surface area contributed by atoms with Crippen LogP contribution in [0.4, 0.5) is 5.82 Å². The van der Waals surface area contributed by atoms with Crippen LogP contribution in [0.2, 0.25) is 0 Å². The molecule has 0 saturated carbocycles. The van der Waals surface area contributed by atoms with Crippen LogP contribution in [0.25, 0.3) is 0 Å². The van der Waals surface area contributed by atoms with E-state index in [1.54, 1.807) is 30.9 Å². The van der Waals surface area contributed by atoms with Gasteiger partial charge in [0.15, 0.2) is 0 Å². The van der Waals surface area contributed by atoms with Crippen LogP contribution in [0.5, 0.6) is 0 Å². The summed E-state index contributed by atoms with van der Waals surface area (Å²) < 4.78 is 2.01. The molecule has 0 saturated heterocycles. The molecule has 2 aromatic heterocycles. The Labute approximate surface area is 111 Å². The second-order valence-corrected chi connectivity index (χ2v) is 4.20. The average molecular weight is 259 g/mol. The van der Waals surface area contributed by atoms with Crippen molar-refractivity contribution in [1.82, 2.24) is 19.9 Å². The summed E-state index contributed by atoms with van der Waals surface area (Å²) in [5, 5.41) is 2.84. The van der Waals surface area contributed by atoms with Gasteiger partial charge in [-0.25, -0.2) is 9.97 Å². The van der Waals surface area contributed by atoms with Gasteiger partial charge in [-0.15, -0.1) is 0 Å². The number of pyridine rings is 1. The van der Waals surface area contributed by atoms with Crippen molar-refractivity contribution >= 4 is 11.7 Å². The number of nitrogens with zero attached hydrogens (tertiary/aromatic N) is 3. The highest BCUT2D eigenvalue weighted by molar-refractivity contribution is 5.98. The summed E-state index contributed by atoms with van der Waals surface area (Å²) in [6.07, 6.45) is 8.93. The molecule has 2 aromatic rings. The van der Waals surface area contributed by atoms with Gasteiger partial charge in [-0.3, -0.25) is 4.79 Å². The molecule has 0 aromatic carbocycles. The van der Waals surface area contributed by atoms with Crippen molar-refractivity contribution in [3.63, 3.8) is 0 Å². The van der Waals surface area contributed by atoms with Crippen LogP contribution in [0.3, 0.4) is 0 Å². The van der Waals surface area contributed by atoms with Crippen molar-refractivity contribution in [3.05, 3.63) is 42.6 Å². The molecule has 2 rings (SSSR count). The van der Waals surface area contributed by atoms with Crippen molar-refractivity contribution in [2.24, 2.45) is 0 Å². The lowest BCUT2D eigenvalue weighted by molar-refractivity contribution is 0.0953. The number of amides is 1. The number of hydrogen-bond donors (Lipinski definition) is 2. The number of carbonyl (C=O) groups excluding carboxylic acids is 1. The van der Waals surface area contributed by atoms with Gasteiger partial charge >= 0.3 is 0 Å². The molecule has 19 heavy (non-hydrogen) atoms. The number of aromatic nitrogens is 3. The number of rotatable bonds is 6. The summed E-state index contributed by atoms with van der Waals surface area (Å²) >= 11 is 0. The van der Waals surface area contributed by atoms with Gasteiger partial charge in [0.05, 0.1) is 11.9 Å². The molecule has 6 nitrogen and oxygen atoms in total. The fraction of sp³-hybridized carbons (Fsp3) is 0.308. The van der Waals surface area contributed by atoms with Crippen LogP contribution >= 0.6 is 0 Å². The maximum atomic E-state index is 11.8. The normalized spacial score (nSPS) is 10.3. The van der Waals surface area contributed by atoms with Crippen molar-refractivity contribution in [2.45, 2.75) is 19.4 Å². The molecule has 0 aliphatic carbocycles. The van der Waals surface area contributed by atoms with E-state index in [-0.39, 0.29) is 11.7 Å². The Morgan fingerprint density at radius 1 is 1.37 bits per heavy atom. The van der Waals surface area contributed by atoms with Crippen molar-refractivity contribution in [3.8, 4) is 0 Å². The van der Waals surface area contributed by atoms with Gasteiger partial charge in [-0.2, -0.15) is 0 Å². The van der Waals surface area contributed by atoms with Gasteiger partial charge in [0.25, 0.3) is 5.91 Å². The Hall–Kier alpha value is -2.37. The zero-order valence-electron chi connectivity index (χ0n) is 10.6. The molecule has 100 valence electrons. The SMILES string of the molecule is Nc1ncccc1C(=O)NCCCCn1ccnc1. The van der Waals surface area contributed by atoms with Gasteiger partial charge in [0, 0.05) is 31.7 Å². The van der Waals surface area contributed by atoms with Crippen LogP contribution in [0.15, 0.2) is 37.1 Å². The highest BCUT2D eigenvalue weighted by atomic mass is 16.1. The summed E-state index contributed by atoms with van der Waals surface area (Å²) in [6, 6.07) is 3.37. The molecule has 0 atom stereocenters. The molecule has 0 fully saturated rings. The number of nitrogens with one attached hydrogen (secondary N) is 1. The Morgan fingerprint density at radius 2 is 2.26 bits per heavy atom. The summed E-state index contributed by atoms with van der Waals surface area (Å²) in [4.78, 5) is 19.7. The quantitative estimate of drug-likeness (QED) is 0.760. The first-order chi connectivity index (χ1) is 9.27. The molecule has 0 aliphatic rings. The highest BCUT2D eigenvalue weighted by Crippen LogP contribution is 2.06. The minimum atomic E-state index is -0.173. The van der Waals surface area contributed by atoms with Crippen molar-refractivity contribution in [1.29, 1.82) is 0 Å². The van der Waals surface area contributed by atoms with E-state index in [1.807, 2.05) is 10.8 Å². The molecule has 0 radical (unpaired) electrons. The Bertz CT molecular complexity index is 524. The number of hydrogen-bond acceptors (Lipinski definition) is 4. The number of aryl methyl sites for hydroxylation is 1. The van der Waals surface area contributed by atoms with Crippen LogP contribution in [0, 0.1) is 0 Å². The molecular formula is C13H17N5O. The zero-order valence-corrected chi connectivity index (χ0v) is 10.6. The maximum absolute atomic E-state index is 11.8. The largest absolute Gasteiger partial charge is 0.383 e. The van der Waals surface area contributed by atoms with Crippen molar-refractivity contribution < 1.29 is 4.79 Å². The van der Waals surface area contributed by atoms with E-state index in [0.717, 1.165) is 19.4 Å². The second kappa shape index (κ2) is 6.53. The van der Waals surface area contributed by atoms with Gasteiger partial charge in [0.2, 0.25) is 0 Å². The number of nitrogen functional groups attached to an aromatic ring is 1. The average Bonchev–Trinajstić information content (AvgIpc) is 2.92. The minimum absolute atomic E-state index is 0.173. The van der Waals surface area contributed by atoms with E-state index in [4.69, 9.17) is 5.73 Å². The summed E-state index contributed by atoms with van der Waals surface area (Å²) in [7, 11) is 0. The Morgan fingerprint density at radius 3 is 3.00 bits per heavy atom. The molecule has 0 bridgehead atoms. The smallest absolute Gasteiger partial charge is 0.255 e. The molecule has 3 N–H and O–H groups in total. The van der Waals surface area contributed by atoms with Gasteiger partial charge < -0.3 is 15.6 Å². The fourth-order valence-corrected chi connectivity index (χ4v) is 1.75. The summed E-state index contributed by atoms with van der Waals surface area (Å²) in [5.74, 6) is 0.0895. The van der Waals surface area contributed by atoms with E-state index in [1.165, 1.54) is 0 Å². The Balaban J connectivity index is 1.68. The van der Waals surface area contributed by atoms with Gasteiger partial charge in [0.1, 0.15) is 5.82 Å². The van der Waals surface area contributed by atoms with E-state index in [2.05, 4.69) is 15.3 Å². The lowest BCUT2D eigenvalue weighted by Crippen LogP contribution is -2.25. The number of anilines is 1. The first-order valence-electron chi connectivity index (χ1n) is 6.22. The lowest BCUT2D eigenvalue weighted by atomic mass is 10.2. The Kier molecular flexibility index (Phi) is 4.49. The third-order valence-corrected chi connectivity index (χ3v) is 2.77. The number of unbranched alkanes of at least 4 members (excludes halogenated alkanes) is 1.